The molecule has 3 aromatic rings. The van der Waals surface area contributed by atoms with Gasteiger partial charge in [-0.3, -0.25) is 4.79 Å². The zero-order chi connectivity index (χ0) is 16.2. The van der Waals surface area contributed by atoms with Crippen molar-refractivity contribution in [2.75, 3.05) is 0 Å². The van der Waals surface area contributed by atoms with Crippen LogP contribution in [-0.4, -0.2) is 5.91 Å². The van der Waals surface area contributed by atoms with Crippen molar-refractivity contribution in [1.29, 1.82) is 0 Å². The number of amides is 1. The van der Waals surface area contributed by atoms with Crippen LogP contribution in [0, 0.1) is 6.92 Å². The molecule has 0 aliphatic rings. The molecule has 1 heterocycles. The summed E-state index contributed by atoms with van der Waals surface area (Å²) in [5, 5.41) is 3.55. The third-order valence-electron chi connectivity index (χ3n) is 3.49. The molecule has 0 bridgehead atoms. The van der Waals surface area contributed by atoms with Crippen molar-refractivity contribution < 1.29 is 9.21 Å². The molecule has 0 spiro atoms. The van der Waals surface area contributed by atoms with Crippen molar-refractivity contribution in [2.45, 2.75) is 13.5 Å². The van der Waals surface area contributed by atoms with Crippen LogP contribution in [0.1, 0.15) is 21.7 Å². The lowest BCUT2D eigenvalue weighted by Crippen LogP contribution is -2.22. The van der Waals surface area contributed by atoms with E-state index in [1.165, 1.54) is 0 Å². The molecule has 3 nitrogen and oxygen atoms in total. The van der Waals surface area contributed by atoms with Gasteiger partial charge in [0.2, 0.25) is 0 Å². The fraction of sp³-hybridized carbons (Fsp3) is 0.105. The second-order valence-corrected chi connectivity index (χ2v) is 5.76. The summed E-state index contributed by atoms with van der Waals surface area (Å²) in [6.07, 6.45) is 0. The maximum atomic E-state index is 12.1. The van der Waals surface area contributed by atoms with Crippen LogP contribution in [0.4, 0.5) is 0 Å². The largest absolute Gasteiger partial charge is 0.459 e. The van der Waals surface area contributed by atoms with Gasteiger partial charge in [-0.15, -0.1) is 0 Å². The van der Waals surface area contributed by atoms with E-state index in [1.54, 1.807) is 6.07 Å². The minimum Gasteiger partial charge on any atom is -0.459 e. The minimum absolute atomic E-state index is 0.113. The van der Waals surface area contributed by atoms with Crippen LogP contribution in [0.15, 0.2) is 65.1 Å². The summed E-state index contributed by atoms with van der Waals surface area (Å²) in [5.41, 5.74) is 2.65. The lowest BCUT2D eigenvalue weighted by molar-refractivity contribution is 0.0948. The topological polar surface area (TPSA) is 42.2 Å². The van der Waals surface area contributed by atoms with E-state index in [9.17, 15) is 4.79 Å². The molecule has 23 heavy (non-hydrogen) atoms. The predicted molar refractivity (Wildman–Crippen MR) is 91.5 cm³/mol. The lowest BCUT2D eigenvalue weighted by Gasteiger charge is -2.04. The molecule has 0 saturated carbocycles. The maximum absolute atomic E-state index is 12.1. The Morgan fingerprint density at radius 1 is 1.09 bits per heavy atom. The van der Waals surface area contributed by atoms with Crippen LogP contribution in [0.25, 0.3) is 11.3 Å². The Bertz CT molecular complexity index is 821. The zero-order valence-electron chi connectivity index (χ0n) is 12.7. The van der Waals surface area contributed by atoms with Crippen LogP contribution in [0.5, 0.6) is 0 Å². The molecule has 0 aliphatic carbocycles. The zero-order valence-corrected chi connectivity index (χ0v) is 13.4. The number of aryl methyl sites for hydroxylation is 1. The highest BCUT2D eigenvalue weighted by Gasteiger charge is 2.08. The van der Waals surface area contributed by atoms with E-state index in [0.29, 0.717) is 22.9 Å². The van der Waals surface area contributed by atoms with Crippen molar-refractivity contribution in [3.05, 3.63) is 82.6 Å². The van der Waals surface area contributed by atoms with Gasteiger partial charge in [-0.25, -0.2) is 0 Å². The van der Waals surface area contributed by atoms with Gasteiger partial charge < -0.3 is 9.73 Å². The Hall–Kier alpha value is -2.52. The maximum Gasteiger partial charge on any atom is 0.251 e. The average Bonchev–Trinajstić information content (AvgIpc) is 3.02. The average molecular weight is 326 g/mol. The molecule has 4 heteroatoms. The predicted octanol–water partition coefficient (Wildman–Crippen LogP) is 4.84. The van der Waals surface area contributed by atoms with Crippen molar-refractivity contribution in [1.82, 2.24) is 5.32 Å². The number of hydrogen-bond acceptors (Lipinski definition) is 2. The molecule has 116 valence electrons. The second kappa shape index (κ2) is 6.71. The first-order chi connectivity index (χ1) is 11.1. The van der Waals surface area contributed by atoms with Gasteiger partial charge in [0.15, 0.2) is 0 Å². The lowest BCUT2D eigenvalue weighted by atomic mass is 10.1. The number of halogens is 1. The number of hydrogen-bond donors (Lipinski definition) is 1. The van der Waals surface area contributed by atoms with Gasteiger partial charge in [0.25, 0.3) is 5.91 Å². The van der Waals surface area contributed by atoms with Gasteiger partial charge >= 0.3 is 0 Å². The number of carbonyl (C=O) groups is 1. The van der Waals surface area contributed by atoms with E-state index in [0.717, 1.165) is 16.9 Å². The molecule has 0 saturated heterocycles. The summed E-state index contributed by atoms with van der Waals surface area (Å²) < 4.78 is 5.76. The normalized spacial score (nSPS) is 10.5. The molecule has 2 aromatic carbocycles. The highest BCUT2D eigenvalue weighted by Crippen LogP contribution is 2.23. The second-order valence-electron chi connectivity index (χ2n) is 5.33. The van der Waals surface area contributed by atoms with E-state index < -0.39 is 0 Å². The third-order valence-corrected chi connectivity index (χ3v) is 3.75. The molecule has 1 N–H and O–H groups in total. The monoisotopic (exact) mass is 325 g/mol. The number of benzene rings is 2. The summed E-state index contributed by atoms with van der Waals surface area (Å²) in [7, 11) is 0. The number of nitrogens with one attached hydrogen (secondary N) is 1. The molecule has 0 unspecified atom stereocenters. The molecule has 3 rings (SSSR count). The van der Waals surface area contributed by atoms with E-state index in [2.05, 4.69) is 5.32 Å². The van der Waals surface area contributed by atoms with Gasteiger partial charge in [0, 0.05) is 16.1 Å². The first-order valence-electron chi connectivity index (χ1n) is 7.31. The molecule has 1 amide bonds. The van der Waals surface area contributed by atoms with Gasteiger partial charge in [-0.05, 0) is 55.5 Å². The van der Waals surface area contributed by atoms with Crippen molar-refractivity contribution in [2.24, 2.45) is 0 Å². The summed E-state index contributed by atoms with van der Waals surface area (Å²) in [6.45, 7) is 2.31. The molecular formula is C19H16ClNO2. The first kappa shape index (κ1) is 15.4. The van der Waals surface area contributed by atoms with Crippen LogP contribution < -0.4 is 5.32 Å². The Labute approximate surface area is 139 Å². The molecule has 1 aromatic heterocycles. The highest BCUT2D eigenvalue weighted by atomic mass is 35.5. The molecular weight excluding hydrogens is 310 g/mol. The van der Waals surface area contributed by atoms with E-state index >= 15 is 0 Å². The van der Waals surface area contributed by atoms with Crippen molar-refractivity contribution in [3.8, 4) is 11.3 Å². The van der Waals surface area contributed by atoms with Crippen LogP contribution in [0.3, 0.4) is 0 Å². The highest BCUT2D eigenvalue weighted by molar-refractivity contribution is 6.30. The molecule has 0 atom stereocenters. The Kier molecular flexibility index (Phi) is 4.49. The van der Waals surface area contributed by atoms with Crippen LogP contribution >= 0.6 is 11.6 Å². The van der Waals surface area contributed by atoms with Crippen LogP contribution in [0.2, 0.25) is 5.02 Å². The quantitative estimate of drug-likeness (QED) is 0.746. The van der Waals surface area contributed by atoms with Gasteiger partial charge in [0.1, 0.15) is 11.5 Å². The Balaban J connectivity index is 1.65. The van der Waals surface area contributed by atoms with Crippen molar-refractivity contribution >= 4 is 17.5 Å². The van der Waals surface area contributed by atoms with E-state index in [4.69, 9.17) is 16.0 Å². The van der Waals surface area contributed by atoms with Crippen molar-refractivity contribution in [3.63, 3.8) is 0 Å². The standard InChI is InChI=1S/C19H16ClNO2/c1-13-3-2-4-15(11-13)19(22)21-12-17-9-10-18(23-17)14-5-7-16(20)8-6-14/h2-11H,12H2,1H3,(H,21,22). The number of furan rings is 1. The fourth-order valence-electron chi connectivity index (χ4n) is 2.30. The summed E-state index contributed by atoms with van der Waals surface area (Å²) in [4.78, 5) is 12.1. The summed E-state index contributed by atoms with van der Waals surface area (Å²) in [5.74, 6) is 1.34. The summed E-state index contributed by atoms with van der Waals surface area (Å²) >= 11 is 5.88. The van der Waals surface area contributed by atoms with Gasteiger partial charge in [-0.2, -0.15) is 0 Å². The first-order valence-corrected chi connectivity index (χ1v) is 7.69. The number of carbonyl (C=O) groups excluding carboxylic acids is 1. The fourth-order valence-corrected chi connectivity index (χ4v) is 2.42. The van der Waals surface area contributed by atoms with E-state index in [1.807, 2.05) is 61.5 Å². The molecule has 0 fully saturated rings. The Morgan fingerprint density at radius 2 is 1.87 bits per heavy atom. The minimum atomic E-state index is -0.113. The van der Waals surface area contributed by atoms with Crippen LogP contribution in [-0.2, 0) is 6.54 Å². The molecule has 0 aliphatic heterocycles. The number of rotatable bonds is 4. The third kappa shape index (κ3) is 3.82. The van der Waals surface area contributed by atoms with E-state index in [-0.39, 0.29) is 5.91 Å². The SMILES string of the molecule is Cc1cccc(C(=O)NCc2ccc(-c3ccc(Cl)cc3)o2)c1. The Morgan fingerprint density at radius 3 is 2.61 bits per heavy atom. The van der Waals surface area contributed by atoms with Gasteiger partial charge in [0.05, 0.1) is 6.54 Å². The molecule has 0 radical (unpaired) electrons. The van der Waals surface area contributed by atoms with Gasteiger partial charge in [-0.1, -0.05) is 29.3 Å². The summed E-state index contributed by atoms with van der Waals surface area (Å²) in [6, 6.07) is 18.7. The smallest absolute Gasteiger partial charge is 0.251 e.